The number of hydrogen-bond acceptors (Lipinski definition) is 4. The number of benzene rings is 1. The molecule has 1 aromatic heterocycles. The van der Waals surface area contributed by atoms with Gasteiger partial charge in [0.25, 0.3) is 0 Å². The Labute approximate surface area is 177 Å². The lowest BCUT2D eigenvalue weighted by atomic mass is 10.2. The minimum atomic E-state index is 0. The van der Waals surface area contributed by atoms with Crippen LogP contribution >= 0.6 is 35.3 Å². The van der Waals surface area contributed by atoms with E-state index in [1.54, 1.807) is 18.4 Å². The number of nitrogens with one attached hydrogen (secondary N) is 2. The lowest BCUT2D eigenvalue weighted by Gasteiger charge is -2.12. The van der Waals surface area contributed by atoms with E-state index in [1.807, 2.05) is 31.2 Å². The summed E-state index contributed by atoms with van der Waals surface area (Å²) in [7, 11) is 1.69. The molecule has 0 bridgehead atoms. The summed E-state index contributed by atoms with van der Waals surface area (Å²) in [6, 6.07) is 7.99. The number of guanidine groups is 1. The minimum absolute atomic E-state index is 0. The highest BCUT2D eigenvalue weighted by Crippen LogP contribution is 2.17. The van der Waals surface area contributed by atoms with Gasteiger partial charge in [0.15, 0.2) is 5.96 Å². The van der Waals surface area contributed by atoms with Gasteiger partial charge in [-0.1, -0.05) is 18.2 Å². The van der Waals surface area contributed by atoms with E-state index in [2.05, 4.69) is 32.9 Å². The maximum atomic E-state index is 5.38. The maximum Gasteiger partial charge on any atom is 0.191 e. The molecule has 1 heterocycles. The van der Waals surface area contributed by atoms with Crippen molar-refractivity contribution in [3.8, 4) is 5.75 Å². The Kier molecular flexibility index (Phi) is 11.3. The molecule has 2 rings (SSSR count). The lowest BCUT2D eigenvalue weighted by Crippen LogP contribution is -2.37. The second-order valence-electron chi connectivity index (χ2n) is 5.77. The van der Waals surface area contributed by atoms with Gasteiger partial charge in [-0.15, -0.1) is 35.3 Å². The molecule has 0 atom stereocenters. The number of hydrogen-bond donors (Lipinski definition) is 2. The highest BCUT2D eigenvalue weighted by Gasteiger charge is 2.03. The zero-order chi connectivity index (χ0) is 17.9. The molecular formula is C19H29IN4OS. The molecule has 2 aromatic rings. The molecule has 0 radical (unpaired) electrons. The van der Waals surface area contributed by atoms with Crippen LogP contribution in [0.2, 0.25) is 0 Å². The molecule has 0 aliphatic carbocycles. The van der Waals surface area contributed by atoms with Crippen LogP contribution in [0.4, 0.5) is 0 Å². The van der Waals surface area contributed by atoms with Gasteiger partial charge in [-0.2, -0.15) is 0 Å². The molecule has 7 heteroatoms. The van der Waals surface area contributed by atoms with Crippen molar-refractivity contribution >= 4 is 41.3 Å². The van der Waals surface area contributed by atoms with E-state index in [4.69, 9.17) is 4.74 Å². The standard InChI is InChI=1S/C19H28N4OS.HI/c1-4-20-19(22-13-16-9-5-6-10-17(16)24-3)21-12-8-7-11-18-23-15(2)14-25-18;/h5-6,9-10,14H,4,7-8,11-13H2,1-3H3,(H2,20,21,22);1H. The van der Waals surface area contributed by atoms with Gasteiger partial charge in [-0.3, -0.25) is 0 Å². The number of aryl methyl sites for hydroxylation is 2. The van der Waals surface area contributed by atoms with Gasteiger partial charge in [0.1, 0.15) is 5.75 Å². The van der Waals surface area contributed by atoms with Crippen molar-refractivity contribution in [3.63, 3.8) is 0 Å². The summed E-state index contributed by atoms with van der Waals surface area (Å²) in [5, 5.41) is 10.0. The van der Waals surface area contributed by atoms with Gasteiger partial charge in [-0.25, -0.2) is 9.98 Å². The summed E-state index contributed by atoms with van der Waals surface area (Å²) < 4.78 is 5.38. The van der Waals surface area contributed by atoms with Crippen molar-refractivity contribution in [3.05, 3.63) is 45.9 Å². The number of aromatic nitrogens is 1. The van der Waals surface area contributed by atoms with Crippen molar-refractivity contribution < 1.29 is 4.74 Å². The molecule has 5 nitrogen and oxygen atoms in total. The summed E-state index contributed by atoms with van der Waals surface area (Å²) in [6.07, 6.45) is 3.28. The summed E-state index contributed by atoms with van der Waals surface area (Å²) in [5.74, 6) is 1.72. The molecule has 0 saturated heterocycles. The number of thiazole rings is 1. The van der Waals surface area contributed by atoms with E-state index in [1.165, 1.54) is 5.01 Å². The Morgan fingerprint density at radius 1 is 1.23 bits per heavy atom. The van der Waals surface area contributed by atoms with Crippen molar-refractivity contribution in [1.29, 1.82) is 0 Å². The molecular weight excluding hydrogens is 459 g/mol. The van der Waals surface area contributed by atoms with Crippen LogP contribution in [0.1, 0.15) is 36.0 Å². The average Bonchev–Trinajstić information content (AvgIpc) is 3.04. The molecule has 0 spiro atoms. The first-order valence-corrected chi connectivity index (χ1v) is 9.66. The molecule has 2 N–H and O–H groups in total. The average molecular weight is 488 g/mol. The first-order valence-electron chi connectivity index (χ1n) is 8.78. The predicted molar refractivity (Wildman–Crippen MR) is 121 cm³/mol. The van der Waals surface area contributed by atoms with Crippen LogP contribution in [0.15, 0.2) is 34.6 Å². The molecule has 1 aromatic carbocycles. The lowest BCUT2D eigenvalue weighted by molar-refractivity contribution is 0.410. The number of aliphatic imine (C=N–C) groups is 1. The fourth-order valence-corrected chi connectivity index (χ4v) is 3.28. The summed E-state index contributed by atoms with van der Waals surface area (Å²) in [6.45, 7) is 6.46. The number of methoxy groups -OCH3 is 1. The van der Waals surface area contributed by atoms with Gasteiger partial charge in [0.05, 0.1) is 18.7 Å². The number of para-hydroxylation sites is 1. The monoisotopic (exact) mass is 488 g/mol. The Balaban J connectivity index is 0.00000338. The SMILES string of the molecule is CCNC(=NCc1ccccc1OC)NCCCCc1nc(C)cs1.I. The summed E-state index contributed by atoms with van der Waals surface area (Å²) in [5.41, 5.74) is 2.21. The first kappa shape index (κ1) is 22.7. The topological polar surface area (TPSA) is 58.5 Å². The fraction of sp³-hybridized carbons (Fsp3) is 0.474. The van der Waals surface area contributed by atoms with E-state index < -0.39 is 0 Å². The van der Waals surface area contributed by atoms with Gasteiger partial charge in [-0.05, 0) is 39.2 Å². The van der Waals surface area contributed by atoms with E-state index in [-0.39, 0.29) is 24.0 Å². The molecule has 0 saturated carbocycles. The molecule has 0 amide bonds. The Hall–Kier alpha value is -1.35. The Bertz CT molecular complexity index is 675. The van der Waals surface area contributed by atoms with Crippen molar-refractivity contribution in [2.45, 2.75) is 39.7 Å². The van der Waals surface area contributed by atoms with Crippen LogP contribution in [0.5, 0.6) is 5.75 Å². The number of nitrogens with zero attached hydrogens (tertiary/aromatic N) is 2. The molecule has 0 aliphatic rings. The Morgan fingerprint density at radius 2 is 2.04 bits per heavy atom. The predicted octanol–water partition coefficient (Wildman–Crippen LogP) is 4.16. The molecule has 0 aliphatic heterocycles. The third-order valence-corrected chi connectivity index (χ3v) is 4.75. The smallest absolute Gasteiger partial charge is 0.191 e. The van der Waals surface area contributed by atoms with Gasteiger partial charge in [0.2, 0.25) is 0 Å². The fourth-order valence-electron chi connectivity index (χ4n) is 2.47. The molecule has 26 heavy (non-hydrogen) atoms. The van der Waals surface area contributed by atoms with Crippen molar-refractivity contribution in [1.82, 2.24) is 15.6 Å². The van der Waals surface area contributed by atoms with Crippen molar-refractivity contribution in [2.24, 2.45) is 4.99 Å². The third-order valence-electron chi connectivity index (χ3n) is 3.72. The summed E-state index contributed by atoms with van der Waals surface area (Å²) in [4.78, 5) is 9.16. The maximum absolute atomic E-state index is 5.38. The van der Waals surface area contributed by atoms with Gasteiger partial charge >= 0.3 is 0 Å². The van der Waals surface area contributed by atoms with E-state index in [0.717, 1.165) is 55.3 Å². The first-order chi connectivity index (χ1) is 12.2. The summed E-state index contributed by atoms with van der Waals surface area (Å²) >= 11 is 1.75. The highest BCUT2D eigenvalue weighted by atomic mass is 127. The van der Waals surface area contributed by atoms with Crippen molar-refractivity contribution in [2.75, 3.05) is 20.2 Å². The van der Waals surface area contributed by atoms with E-state index >= 15 is 0 Å². The normalized spacial score (nSPS) is 11.0. The zero-order valence-corrected chi connectivity index (χ0v) is 18.9. The number of ether oxygens (including phenoxy) is 1. The third kappa shape index (κ3) is 7.90. The second kappa shape index (κ2) is 12.9. The zero-order valence-electron chi connectivity index (χ0n) is 15.7. The van der Waals surface area contributed by atoms with Crippen LogP contribution in [0, 0.1) is 6.92 Å². The minimum Gasteiger partial charge on any atom is -0.496 e. The molecule has 0 unspecified atom stereocenters. The van der Waals surface area contributed by atoms with Crippen LogP contribution in [0.25, 0.3) is 0 Å². The Morgan fingerprint density at radius 3 is 2.73 bits per heavy atom. The van der Waals surface area contributed by atoms with Crippen LogP contribution in [-0.4, -0.2) is 31.1 Å². The van der Waals surface area contributed by atoms with Crippen LogP contribution < -0.4 is 15.4 Å². The number of halogens is 1. The number of rotatable bonds is 9. The molecule has 144 valence electrons. The number of unbranched alkanes of at least 4 members (excludes halogenated alkanes) is 1. The van der Waals surface area contributed by atoms with E-state index in [0.29, 0.717) is 6.54 Å². The van der Waals surface area contributed by atoms with Crippen LogP contribution in [-0.2, 0) is 13.0 Å². The van der Waals surface area contributed by atoms with Gasteiger partial charge < -0.3 is 15.4 Å². The largest absolute Gasteiger partial charge is 0.496 e. The van der Waals surface area contributed by atoms with Gasteiger partial charge in [0, 0.05) is 29.7 Å². The quantitative estimate of drug-likeness (QED) is 0.241. The highest BCUT2D eigenvalue weighted by molar-refractivity contribution is 14.0. The van der Waals surface area contributed by atoms with E-state index in [9.17, 15) is 0 Å². The second-order valence-corrected chi connectivity index (χ2v) is 6.72. The van der Waals surface area contributed by atoms with Crippen LogP contribution in [0.3, 0.4) is 0 Å². The molecule has 0 fully saturated rings.